The van der Waals surface area contributed by atoms with E-state index in [1.807, 2.05) is 79.7 Å². The first-order valence-corrected chi connectivity index (χ1v) is 11.8. The third kappa shape index (κ3) is 5.62. The lowest BCUT2D eigenvalue weighted by molar-refractivity contribution is -0.118. The molecule has 1 aromatic heterocycles. The van der Waals surface area contributed by atoms with Gasteiger partial charge in [0.25, 0.3) is 5.56 Å². The Morgan fingerprint density at radius 2 is 1.73 bits per heavy atom. The highest BCUT2D eigenvalue weighted by Gasteiger charge is 2.15. The van der Waals surface area contributed by atoms with Crippen LogP contribution in [0.15, 0.2) is 88.8 Å². The summed E-state index contributed by atoms with van der Waals surface area (Å²) >= 11 is 1.25. The molecule has 7 heteroatoms. The van der Waals surface area contributed by atoms with Crippen molar-refractivity contribution in [3.05, 3.63) is 94.8 Å². The second-order valence-electron chi connectivity index (χ2n) is 7.35. The van der Waals surface area contributed by atoms with Crippen molar-refractivity contribution in [2.24, 2.45) is 0 Å². The second-order valence-corrected chi connectivity index (χ2v) is 8.30. The first kappa shape index (κ1) is 22.6. The molecule has 1 N–H and O–H groups in total. The van der Waals surface area contributed by atoms with E-state index in [4.69, 9.17) is 4.74 Å². The number of hydrogen-bond acceptors (Lipinski definition) is 5. The predicted octanol–water partition coefficient (Wildman–Crippen LogP) is 4.24. The Hall–Kier alpha value is -3.58. The molecule has 1 heterocycles. The number of amides is 1. The number of carbonyl (C=O) groups excluding carboxylic acids is 1. The van der Waals surface area contributed by atoms with E-state index in [1.165, 1.54) is 17.3 Å². The highest BCUT2D eigenvalue weighted by atomic mass is 32.2. The maximum atomic E-state index is 13.3. The number of ether oxygens (including phenoxy) is 1. The quantitative estimate of drug-likeness (QED) is 0.299. The van der Waals surface area contributed by atoms with Crippen molar-refractivity contribution in [3.63, 3.8) is 0 Å². The van der Waals surface area contributed by atoms with Gasteiger partial charge in [-0.15, -0.1) is 0 Å². The molecule has 0 radical (unpaired) electrons. The third-order valence-electron chi connectivity index (χ3n) is 5.06. The van der Waals surface area contributed by atoms with Gasteiger partial charge in [0.15, 0.2) is 5.16 Å². The zero-order valence-electron chi connectivity index (χ0n) is 18.4. The molecule has 0 atom stereocenters. The molecule has 4 rings (SSSR count). The molecule has 0 saturated carbocycles. The van der Waals surface area contributed by atoms with Crippen LogP contribution in [-0.4, -0.2) is 34.4 Å². The van der Waals surface area contributed by atoms with E-state index in [9.17, 15) is 9.59 Å². The van der Waals surface area contributed by atoms with Crippen LogP contribution >= 0.6 is 11.8 Å². The summed E-state index contributed by atoms with van der Waals surface area (Å²) in [5, 5.41) is 3.95. The number of para-hydroxylation sites is 1. The largest absolute Gasteiger partial charge is 0.494 e. The van der Waals surface area contributed by atoms with Crippen LogP contribution in [0.2, 0.25) is 0 Å². The van der Waals surface area contributed by atoms with Gasteiger partial charge in [0.2, 0.25) is 5.91 Å². The molecular formula is C26H25N3O3S. The maximum Gasteiger partial charge on any atom is 0.266 e. The lowest BCUT2D eigenvalue weighted by atomic mass is 10.1. The molecule has 0 fully saturated rings. The number of carbonyl (C=O) groups is 1. The first-order chi connectivity index (χ1) is 16.2. The fraction of sp³-hybridized carbons (Fsp3) is 0.192. The van der Waals surface area contributed by atoms with E-state index in [-0.39, 0.29) is 17.2 Å². The van der Waals surface area contributed by atoms with Crippen LogP contribution in [0.25, 0.3) is 16.6 Å². The Labute approximate surface area is 196 Å². The lowest BCUT2D eigenvalue weighted by Crippen LogP contribution is -2.28. The highest BCUT2D eigenvalue weighted by molar-refractivity contribution is 7.99. The normalized spacial score (nSPS) is 10.8. The number of aromatic nitrogens is 2. The van der Waals surface area contributed by atoms with Gasteiger partial charge in [-0.2, -0.15) is 0 Å². The predicted molar refractivity (Wildman–Crippen MR) is 132 cm³/mol. The van der Waals surface area contributed by atoms with E-state index < -0.39 is 0 Å². The summed E-state index contributed by atoms with van der Waals surface area (Å²) in [6, 6.07) is 24.6. The first-order valence-electron chi connectivity index (χ1n) is 10.8. The van der Waals surface area contributed by atoms with Crippen molar-refractivity contribution >= 4 is 28.6 Å². The number of fused-ring (bicyclic) bond motifs is 1. The van der Waals surface area contributed by atoms with Crippen LogP contribution in [0.4, 0.5) is 0 Å². The molecule has 4 aromatic rings. The van der Waals surface area contributed by atoms with Crippen molar-refractivity contribution in [1.82, 2.24) is 14.9 Å². The van der Waals surface area contributed by atoms with Crippen LogP contribution in [-0.2, 0) is 11.2 Å². The molecule has 0 aliphatic heterocycles. The summed E-state index contributed by atoms with van der Waals surface area (Å²) in [5.74, 6) is 0.794. The number of thioether (sulfide) groups is 1. The van der Waals surface area contributed by atoms with E-state index in [2.05, 4.69) is 10.3 Å². The summed E-state index contributed by atoms with van der Waals surface area (Å²) in [6.45, 7) is 3.04. The van der Waals surface area contributed by atoms with Crippen molar-refractivity contribution in [2.45, 2.75) is 18.5 Å². The van der Waals surface area contributed by atoms with Gasteiger partial charge in [-0.1, -0.05) is 54.2 Å². The Kier molecular flexibility index (Phi) is 7.42. The van der Waals surface area contributed by atoms with Crippen molar-refractivity contribution in [3.8, 4) is 11.4 Å². The smallest absolute Gasteiger partial charge is 0.266 e. The average Bonchev–Trinajstić information content (AvgIpc) is 2.84. The van der Waals surface area contributed by atoms with Crippen molar-refractivity contribution in [1.29, 1.82) is 0 Å². The van der Waals surface area contributed by atoms with E-state index >= 15 is 0 Å². The number of benzene rings is 3. The molecule has 0 saturated heterocycles. The van der Waals surface area contributed by atoms with Gasteiger partial charge in [0.05, 0.1) is 29.0 Å². The van der Waals surface area contributed by atoms with Crippen LogP contribution < -0.4 is 15.6 Å². The second kappa shape index (κ2) is 10.8. The minimum atomic E-state index is -0.170. The number of rotatable bonds is 9. The fourth-order valence-corrected chi connectivity index (χ4v) is 4.31. The maximum absolute atomic E-state index is 13.3. The summed E-state index contributed by atoms with van der Waals surface area (Å²) in [6.07, 6.45) is 0.766. The van der Waals surface area contributed by atoms with Crippen LogP contribution in [0.3, 0.4) is 0 Å². The standard InChI is InChI=1S/C26H25N3O3S/c1-2-32-21-14-12-20(13-15-21)29-25(31)22-10-6-7-11-23(22)28-26(29)33-18-24(30)27-17-16-19-8-4-3-5-9-19/h3-15H,2,16-18H2,1H3,(H,27,30). The molecule has 0 bridgehead atoms. The molecular weight excluding hydrogens is 434 g/mol. The van der Waals surface area contributed by atoms with Crippen LogP contribution in [0, 0.1) is 0 Å². The number of nitrogens with one attached hydrogen (secondary N) is 1. The Morgan fingerprint density at radius 1 is 1.00 bits per heavy atom. The van der Waals surface area contributed by atoms with Crippen molar-refractivity contribution in [2.75, 3.05) is 18.9 Å². The summed E-state index contributed by atoms with van der Waals surface area (Å²) < 4.78 is 7.07. The minimum Gasteiger partial charge on any atom is -0.494 e. The summed E-state index contributed by atoms with van der Waals surface area (Å²) in [7, 11) is 0. The van der Waals surface area contributed by atoms with Gasteiger partial charge >= 0.3 is 0 Å². The molecule has 168 valence electrons. The average molecular weight is 460 g/mol. The molecule has 0 spiro atoms. The lowest BCUT2D eigenvalue weighted by Gasteiger charge is -2.14. The van der Waals surface area contributed by atoms with Gasteiger partial charge in [0.1, 0.15) is 5.75 Å². The minimum absolute atomic E-state index is 0.100. The van der Waals surface area contributed by atoms with E-state index in [0.717, 1.165) is 12.2 Å². The SMILES string of the molecule is CCOc1ccc(-n2c(SCC(=O)NCCc3ccccc3)nc3ccccc3c2=O)cc1. The third-order valence-corrected chi connectivity index (χ3v) is 6.00. The van der Waals surface area contributed by atoms with Gasteiger partial charge in [0, 0.05) is 6.54 Å². The number of nitrogens with zero attached hydrogens (tertiary/aromatic N) is 2. The van der Waals surface area contributed by atoms with E-state index in [0.29, 0.717) is 34.9 Å². The molecule has 0 aliphatic carbocycles. The fourth-order valence-electron chi connectivity index (χ4n) is 3.47. The summed E-state index contributed by atoms with van der Waals surface area (Å²) in [5.41, 5.74) is 2.29. The molecule has 6 nitrogen and oxygen atoms in total. The van der Waals surface area contributed by atoms with E-state index in [1.54, 1.807) is 10.6 Å². The van der Waals surface area contributed by atoms with Gasteiger partial charge < -0.3 is 10.1 Å². The zero-order valence-corrected chi connectivity index (χ0v) is 19.2. The van der Waals surface area contributed by atoms with Crippen LogP contribution in [0.1, 0.15) is 12.5 Å². The van der Waals surface area contributed by atoms with Crippen LogP contribution in [0.5, 0.6) is 5.75 Å². The van der Waals surface area contributed by atoms with Gasteiger partial charge in [-0.3, -0.25) is 14.2 Å². The Morgan fingerprint density at radius 3 is 2.48 bits per heavy atom. The zero-order chi connectivity index (χ0) is 23.0. The highest BCUT2D eigenvalue weighted by Crippen LogP contribution is 2.22. The molecule has 33 heavy (non-hydrogen) atoms. The number of hydrogen-bond donors (Lipinski definition) is 1. The topological polar surface area (TPSA) is 73.2 Å². The van der Waals surface area contributed by atoms with Gasteiger partial charge in [-0.05, 0) is 55.3 Å². The molecule has 1 amide bonds. The molecule has 0 unspecified atom stereocenters. The molecule has 3 aromatic carbocycles. The Balaban J connectivity index is 1.53. The Bertz CT molecular complexity index is 1290. The summed E-state index contributed by atoms with van der Waals surface area (Å²) in [4.78, 5) is 30.5. The molecule has 0 aliphatic rings. The van der Waals surface area contributed by atoms with Crippen molar-refractivity contribution < 1.29 is 9.53 Å². The van der Waals surface area contributed by atoms with Gasteiger partial charge in [-0.25, -0.2) is 4.98 Å². The monoisotopic (exact) mass is 459 g/mol.